The van der Waals surface area contributed by atoms with Gasteiger partial charge in [-0.2, -0.15) is 4.98 Å². The molecule has 0 aliphatic heterocycles. The van der Waals surface area contributed by atoms with Gasteiger partial charge in [-0.1, -0.05) is 6.92 Å². The standard InChI is InChI=1S/C29H33FN6O4S2/c1-3-20-24-22(10-11-31-20)41-28(35-24)23-15(2)33-29(32-13-16-4-5-16)36-27(23)34-21-12-17(25(37)26(21)38)14-42(39,40)19-8-6-18(30)7-9-19/h6-11,16-17,21,25-26,37-38H,3-5,12-14H2,1-2H3,(H2,32,33,34,36)/t17-,21-,25-,26+/m1/s1. The van der Waals surface area contributed by atoms with E-state index in [0.717, 1.165) is 41.0 Å². The lowest BCUT2D eigenvalue weighted by atomic mass is 10.1. The molecule has 2 aliphatic rings. The number of aliphatic hydroxyl groups is 2. The highest BCUT2D eigenvalue weighted by atomic mass is 32.2. The van der Waals surface area contributed by atoms with Crippen LogP contribution in [0, 0.1) is 24.6 Å². The molecule has 0 spiro atoms. The van der Waals surface area contributed by atoms with Gasteiger partial charge >= 0.3 is 0 Å². The fourth-order valence-corrected chi connectivity index (χ4v) is 8.19. The number of sulfone groups is 1. The van der Waals surface area contributed by atoms with Crippen molar-refractivity contribution in [2.75, 3.05) is 22.9 Å². The summed E-state index contributed by atoms with van der Waals surface area (Å²) in [5, 5.41) is 29.2. The van der Waals surface area contributed by atoms with Crippen molar-refractivity contribution >= 4 is 43.2 Å². The zero-order chi connectivity index (χ0) is 29.6. The summed E-state index contributed by atoms with van der Waals surface area (Å²) in [5.41, 5.74) is 3.09. The number of hydrogen-bond donors (Lipinski definition) is 4. The molecule has 3 aromatic heterocycles. The summed E-state index contributed by atoms with van der Waals surface area (Å²) in [4.78, 5) is 18.8. The average Bonchev–Trinajstić information content (AvgIpc) is 3.64. The van der Waals surface area contributed by atoms with Gasteiger partial charge < -0.3 is 20.8 Å². The van der Waals surface area contributed by atoms with E-state index < -0.39 is 39.8 Å². The number of nitrogens with zero attached hydrogens (tertiary/aromatic N) is 4. The van der Waals surface area contributed by atoms with Gasteiger partial charge in [0.1, 0.15) is 28.3 Å². The minimum absolute atomic E-state index is 0.0288. The van der Waals surface area contributed by atoms with Gasteiger partial charge in [0.2, 0.25) is 5.95 Å². The Morgan fingerprint density at radius 1 is 1.07 bits per heavy atom. The largest absolute Gasteiger partial charge is 0.390 e. The lowest BCUT2D eigenvalue weighted by molar-refractivity contribution is 0.0216. The third-order valence-electron chi connectivity index (χ3n) is 8.00. The summed E-state index contributed by atoms with van der Waals surface area (Å²) >= 11 is 1.50. The monoisotopic (exact) mass is 612 g/mol. The maximum absolute atomic E-state index is 13.4. The van der Waals surface area contributed by atoms with Crippen LogP contribution in [0.2, 0.25) is 0 Å². The van der Waals surface area contributed by atoms with Gasteiger partial charge in [0.25, 0.3) is 0 Å². The molecule has 2 fully saturated rings. The number of thiazole rings is 1. The van der Waals surface area contributed by atoms with E-state index in [2.05, 4.69) is 15.6 Å². The SMILES string of the molecule is CCc1nccc2sc(-c3c(C)nc(NCC4CC4)nc3N[C@@H]3C[C@H](CS(=O)(=O)c4ccc(F)cc4)[C@@H](O)[C@H]3O)nc12. The predicted octanol–water partition coefficient (Wildman–Crippen LogP) is 3.98. The number of anilines is 2. The third-order valence-corrected chi connectivity index (χ3v) is 10.9. The average molecular weight is 613 g/mol. The number of aryl methyl sites for hydroxylation is 2. The first-order valence-corrected chi connectivity index (χ1v) is 16.6. The van der Waals surface area contributed by atoms with Crippen LogP contribution < -0.4 is 10.6 Å². The first-order valence-electron chi connectivity index (χ1n) is 14.1. The topological polar surface area (TPSA) is 150 Å². The molecule has 6 rings (SSSR count). The molecule has 0 bridgehead atoms. The Kier molecular flexibility index (Phi) is 7.85. The fraction of sp³-hybridized carbons (Fsp3) is 0.448. The van der Waals surface area contributed by atoms with E-state index in [-0.39, 0.29) is 17.1 Å². The molecule has 2 saturated carbocycles. The van der Waals surface area contributed by atoms with E-state index in [1.165, 1.54) is 36.3 Å². The number of pyridine rings is 1. The molecule has 4 atom stereocenters. The molecule has 0 amide bonds. The molecule has 4 N–H and O–H groups in total. The first-order chi connectivity index (χ1) is 20.1. The summed E-state index contributed by atoms with van der Waals surface area (Å²) < 4.78 is 40.4. The summed E-state index contributed by atoms with van der Waals surface area (Å²) in [6, 6.07) is 5.84. The number of hydrogen-bond acceptors (Lipinski definition) is 11. The van der Waals surface area contributed by atoms with Gasteiger partial charge in [-0.05, 0) is 68.9 Å². The van der Waals surface area contributed by atoms with Gasteiger partial charge in [-0.25, -0.2) is 22.8 Å². The minimum Gasteiger partial charge on any atom is -0.390 e. The molecule has 42 heavy (non-hydrogen) atoms. The van der Waals surface area contributed by atoms with Crippen molar-refractivity contribution in [1.29, 1.82) is 0 Å². The highest BCUT2D eigenvalue weighted by Crippen LogP contribution is 2.39. The van der Waals surface area contributed by atoms with Crippen LogP contribution in [-0.4, -0.2) is 69.1 Å². The molecular weight excluding hydrogens is 579 g/mol. The van der Waals surface area contributed by atoms with Crippen LogP contribution in [0.4, 0.5) is 16.2 Å². The van der Waals surface area contributed by atoms with Gasteiger partial charge in [0, 0.05) is 18.7 Å². The number of rotatable bonds is 10. The molecule has 0 unspecified atom stereocenters. The summed E-state index contributed by atoms with van der Waals surface area (Å²) in [7, 11) is -3.82. The van der Waals surface area contributed by atoms with E-state index in [4.69, 9.17) is 15.0 Å². The number of benzene rings is 1. The van der Waals surface area contributed by atoms with Crippen LogP contribution >= 0.6 is 11.3 Å². The van der Waals surface area contributed by atoms with Crippen molar-refractivity contribution in [3.63, 3.8) is 0 Å². The lowest BCUT2D eigenvalue weighted by Gasteiger charge is -2.21. The summed E-state index contributed by atoms with van der Waals surface area (Å²) in [6.45, 7) is 4.68. The van der Waals surface area contributed by atoms with Crippen molar-refractivity contribution in [3.05, 3.63) is 53.7 Å². The normalized spacial score (nSPS) is 22.5. The molecule has 2 aliphatic carbocycles. The van der Waals surface area contributed by atoms with Gasteiger partial charge in [0.15, 0.2) is 9.84 Å². The number of aliphatic hydroxyl groups excluding tert-OH is 2. The van der Waals surface area contributed by atoms with Crippen LogP contribution in [0.1, 0.15) is 37.6 Å². The Morgan fingerprint density at radius 2 is 1.83 bits per heavy atom. The fourth-order valence-electron chi connectivity index (χ4n) is 5.47. The number of aromatic nitrogens is 4. The zero-order valence-electron chi connectivity index (χ0n) is 23.3. The second-order valence-corrected chi connectivity index (χ2v) is 14.2. The van der Waals surface area contributed by atoms with Crippen molar-refractivity contribution < 1.29 is 23.0 Å². The Morgan fingerprint density at radius 3 is 2.55 bits per heavy atom. The molecule has 4 aromatic rings. The minimum atomic E-state index is -3.82. The number of halogens is 1. The van der Waals surface area contributed by atoms with Gasteiger partial charge in [-0.3, -0.25) is 4.98 Å². The molecule has 10 nitrogen and oxygen atoms in total. The highest BCUT2D eigenvalue weighted by Gasteiger charge is 2.44. The Bertz CT molecular complexity index is 1710. The van der Waals surface area contributed by atoms with Crippen molar-refractivity contribution in [1.82, 2.24) is 19.9 Å². The van der Waals surface area contributed by atoms with Crippen LogP contribution in [0.15, 0.2) is 41.4 Å². The maximum atomic E-state index is 13.4. The third kappa shape index (κ3) is 5.83. The number of fused-ring (bicyclic) bond motifs is 1. The molecule has 0 saturated heterocycles. The van der Waals surface area contributed by atoms with Crippen LogP contribution in [0.3, 0.4) is 0 Å². The van der Waals surface area contributed by atoms with Gasteiger partial charge in [-0.15, -0.1) is 11.3 Å². The molecule has 0 radical (unpaired) electrons. The zero-order valence-corrected chi connectivity index (χ0v) is 24.9. The van der Waals surface area contributed by atoms with E-state index in [9.17, 15) is 23.0 Å². The van der Waals surface area contributed by atoms with E-state index in [1.807, 2.05) is 19.9 Å². The van der Waals surface area contributed by atoms with Crippen LogP contribution in [0.25, 0.3) is 20.8 Å². The summed E-state index contributed by atoms with van der Waals surface area (Å²) in [5.74, 6) is -0.164. The van der Waals surface area contributed by atoms with Crippen molar-refractivity contribution in [2.24, 2.45) is 11.8 Å². The van der Waals surface area contributed by atoms with Crippen LogP contribution in [-0.2, 0) is 16.3 Å². The number of nitrogens with one attached hydrogen (secondary N) is 2. The smallest absolute Gasteiger partial charge is 0.224 e. The highest BCUT2D eigenvalue weighted by molar-refractivity contribution is 7.91. The van der Waals surface area contributed by atoms with E-state index >= 15 is 0 Å². The summed E-state index contributed by atoms with van der Waals surface area (Å²) in [6.07, 6.45) is 2.51. The predicted molar refractivity (Wildman–Crippen MR) is 160 cm³/mol. The lowest BCUT2D eigenvalue weighted by Crippen LogP contribution is -2.36. The quantitative estimate of drug-likeness (QED) is 0.194. The van der Waals surface area contributed by atoms with Crippen molar-refractivity contribution in [2.45, 2.75) is 62.7 Å². The molecule has 1 aromatic carbocycles. The first kappa shape index (κ1) is 28.8. The van der Waals surface area contributed by atoms with E-state index in [0.29, 0.717) is 33.9 Å². The van der Waals surface area contributed by atoms with Crippen molar-refractivity contribution in [3.8, 4) is 10.6 Å². The molecule has 3 heterocycles. The Hall–Kier alpha value is -3.26. The molecule has 222 valence electrons. The van der Waals surface area contributed by atoms with Gasteiger partial charge in [0.05, 0.1) is 44.4 Å². The second kappa shape index (κ2) is 11.4. The Balaban J connectivity index is 1.31. The second-order valence-electron chi connectivity index (χ2n) is 11.1. The molecular formula is C29H33FN6O4S2. The molecule has 13 heteroatoms. The van der Waals surface area contributed by atoms with E-state index in [1.54, 1.807) is 6.20 Å². The Labute approximate surface area is 247 Å². The maximum Gasteiger partial charge on any atom is 0.224 e. The van der Waals surface area contributed by atoms with Crippen LogP contribution in [0.5, 0.6) is 0 Å².